The molecule has 1 fully saturated rings. The monoisotopic (exact) mass is 743 g/mol. The third-order valence-electron chi connectivity index (χ3n) is 7.44. The Morgan fingerprint density at radius 1 is 0.725 bits per heavy atom. The first-order chi connectivity index (χ1) is 23.6. The Morgan fingerprint density at radius 3 is 1.63 bits per heavy atom. The molecule has 3 aromatic rings. The zero-order chi connectivity index (χ0) is 38.8. The number of carboxylic acids is 3. The van der Waals surface area contributed by atoms with E-state index in [0.717, 1.165) is 51.4 Å². The fourth-order valence-electron chi connectivity index (χ4n) is 5.14. The van der Waals surface area contributed by atoms with Gasteiger partial charge in [0.1, 0.15) is 5.82 Å². The number of pyridine rings is 1. The summed E-state index contributed by atoms with van der Waals surface area (Å²) in [5.41, 5.74) is 2.96. The molecule has 3 N–H and O–H groups in total. The van der Waals surface area contributed by atoms with Crippen molar-refractivity contribution < 1.29 is 74.0 Å². The molecule has 12 nitrogen and oxygen atoms in total. The first kappa shape index (κ1) is 42.0. The van der Waals surface area contributed by atoms with Crippen LogP contribution in [0.15, 0.2) is 61.1 Å². The van der Waals surface area contributed by atoms with Crippen LogP contribution in [0, 0.1) is 0 Å². The molecule has 1 saturated heterocycles. The van der Waals surface area contributed by atoms with Crippen molar-refractivity contribution >= 4 is 23.8 Å². The number of aromatic nitrogens is 3. The standard InChI is InChI=1S/C24H27N5O.3C2HF3O2/c1-2-28-15-16-29-21(19-7-4-3-5-8-19)18-26-23(29)24(28)10-13-27(14-11-24)22(30)20-9-6-12-25-17-20;3*3-2(4,5)1(6)7/h3-9,12,17-18H,2,10-11,13-16H2,1H3;3*(H,6,7). The third-order valence-corrected chi connectivity index (χ3v) is 7.44. The highest BCUT2D eigenvalue weighted by molar-refractivity contribution is 5.94. The zero-order valence-corrected chi connectivity index (χ0v) is 26.3. The van der Waals surface area contributed by atoms with Crippen LogP contribution in [0.25, 0.3) is 11.3 Å². The number of aliphatic carboxylic acids is 3. The molecule has 0 saturated carbocycles. The summed E-state index contributed by atoms with van der Waals surface area (Å²) in [5, 5.41) is 21.4. The summed E-state index contributed by atoms with van der Waals surface area (Å²) < 4.78 is 97.6. The lowest BCUT2D eigenvalue weighted by molar-refractivity contribution is -0.193. The molecule has 0 aliphatic carbocycles. The summed E-state index contributed by atoms with van der Waals surface area (Å²) in [6.45, 7) is 6.65. The lowest BCUT2D eigenvalue weighted by Gasteiger charge is -2.50. The van der Waals surface area contributed by atoms with Crippen LogP contribution in [0.5, 0.6) is 0 Å². The third kappa shape index (κ3) is 11.4. The second kappa shape index (κ2) is 17.1. The minimum Gasteiger partial charge on any atom is -0.475 e. The number of imidazole rings is 1. The van der Waals surface area contributed by atoms with Crippen LogP contribution < -0.4 is 0 Å². The number of hydrogen-bond donors (Lipinski definition) is 3. The number of hydrogen-bond acceptors (Lipinski definition) is 7. The number of halogens is 9. The number of rotatable bonds is 3. The molecule has 2 aliphatic rings. The quantitative estimate of drug-likeness (QED) is 0.299. The van der Waals surface area contributed by atoms with E-state index in [4.69, 9.17) is 34.7 Å². The molecule has 5 rings (SSSR count). The second-order valence-electron chi connectivity index (χ2n) is 10.5. The minimum atomic E-state index is -5.08. The summed E-state index contributed by atoms with van der Waals surface area (Å²) in [6, 6.07) is 14.2. The molecule has 4 heterocycles. The molecule has 51 heavy (non-hydrogen) atoms. The molecule has 0 atom stereocenters. The number of amides is 1. The molecule has 280 valence electrons. The van der Waals surface area contributed by atoms with Gasteiger partial charge in [0.05, 0.1) is 23.0 Å². The Hall–Kier alpha value is -5.21. The van der Waals surface area contributed by atoms with Crippen molar-refractivity contribution in [3.05, 3.63) is 72.4 Å². The molecule has 2 aliphatic heterocycles. The van der Waals surface area contributed by atoms with Crippen molar-refractivity contribution in [2.75, 3.05) is 26.2 Å². The van der Waals surface area contributed by atoms with E-state index in [-0.39, 0.29) is 11.4 Å². The SMILES string of the molecule is CCN1CCn2c(-c3ccccc3)cnc2C12CCN(C(=O)c1cccnc1)CC2.O=C(O)C(F)(F)F.O=C(O)C(F)(F)F.O=C(O)C(F)(F)F. The molecule has 2 aromatic heterocycles. The molecule has 21 heteroatoms. The number of fused-ring (bicyclic) bond motifs is 2. The Labute approximate surface area is 282 Å². The Balaban J connectivity index is 0.000000352. The van der Waals surface area contributed by atoms with E-state index in [9.17, 15) is 44.3 Å². The predicted octanol–water partition coefficient (Wildman–Crippen LogP) is 5.31. The molecule has 1 aromatic carbocycles. The number of benzene rings is 1. The maximum atomic E-state index is 12.9. The molecule has 0 unspecified atom stereocenters. The number of carbonyl (C=O) groups excluding carboxylic acids is 1. The predicted molar refractivity (Wildman–Crippen MR) is 157 cm³/mol. The fraction of sp³-hybridized carbons (Fsp3) is 0.400. The lowest BCUT2D eigenvalue weighted by atomic mass is 9.83. The number of carboxylic acid groups (broad SMARTS) is 3. The Kier molecular flexibility index (Phi) is 14.1. The van der Waals surface area contributed by atoms with Crippen molar-refractivity contribution in [1.82, 2.24) is 24.3 Å². The number of carbonyl (C=O) groups is 4. The molecule has 1 amide bonds. The van der Waals surface area contributed by atoms with Crippen LogP contribution in [-0.4, -0.2) is 108 Å². The maximum absolute atomic E-state index is 12.9. The smallest absolute Gasteiger partial charge is 0.475 e. The highest BCUT2D eigenvalue weighted by Gasteiger charge is 2.47. The van der Waals surface area contributed by atoms with Crippen LogP contribution in [0.1, 0.15) is 35.9 Å². The Morgan fingerprint density at radius 2 is 1.22 bits per heavy atom. The molecule has 0 bridgehead atoms. The fourth-order valence-corrected chi connectivity index (χ4v) is 5.14. The number of nitrogens with zero attached hydrogens (tertiary/aromatic N) is 5. The van der Waals surface area contributed by atoms with Gasteiger partial charge < -0.3 is 24.8 Å². The normalized spacial score (nSPS) is 15.5. The Bertz CT molecular complexity index is 1570. The highest BCUT2D eigenvalue weighted by atomic mass is 19.4. The average Bonchev–Trinajstić information content (AvgIpc) is 3.51. The second-order valence-corrected chi connectivity index (χ2v) is 10.5. The van der Waals surface area contributed by atoms with Gasteiger partial charge in [-0.2, -0.15) is 39.5 Å². The summed E-state index contributed by atoms with van der Waals surface area (Å²) in [5.74, 6) is -7.04. The minimum absolute atomic E-state index is 0.0742. The van der Waals surface area contributed by atoms with Crippen molar-refractivity contribution in [2.45, 2.75) is 50.4 Å². The summed E-state index contributed by atoms with van der Waals surface area (Å²) in [4.78, 5) is 53.2. The zero-order valence-electron chi connectivity index (χ0n) is 26.3. The largest absolute Gasteiger partial charge is 0.490 e. The first-order valence-electron chi connectivity index (χ1n) is 14.5. The van der Waals surface area contributed by atoms with Gasteiger partial charge in [-0.1, -0.05) is 37.3 Å². The van der Waals surface area contributed by atoms with Crippen LogP contribution in [-0.2, 0) is 26.5 Å². The van der Waals surface area contributed by atoms with Crippen molar-refractivity contribution in [3.63, 3.8) is 0 Å². The molecule has 0 radical (unpaired) electrons. The highest BCUT2D eigenvalue weighted by Crippen LogP contribution is 2.42. The first-order valence-corrected chi connectivity index (χ1v) is 14.5. The van der Waals surface area contributed by atoms with Crippen LogP contribution >= 0.6 is 0 Å². The average molecular weight is 744 g/mol. The van der Waals surface area contributed by atoms with Gasteiger partial charge in [0.15, 0.2) is 0 Å². The van der Waals surface area contributed by atoms with E-state index in [1.54, 1.807) is 12.4 Å². The number of likely N-dealkylation sites (N-methyl/N-ethyl adjacent to an activating group) is 1. The molecular formula is C30H30F9N5O7. The van der Waals surface area contributed by atoms with E-state index < -0.39 is 36.4 Å². The summed E-state index contributed by atoms with van der Waals surface area (Å²) >= 11 is 0. The van der Waals surface area contributed by atoms with E-state index in [2.05, 4.69) is 45.6 Å². The van der Waals surface area contributed by atoms with Crippen LogP contribution in [0.4, 0.5) is 39.5 Å². The maximum Gasteiger partial charge on any atom is 0.490 e. The van der Waals surface area contributed by atoms with Gasteiger partial charge in [0.2, 0.25) is 0 Å². The van der Waals surface area contributed by atoms with E-state index in [0.29, 0.717) is 5.56 Å². The van der Waals surface area contributed by atoms with E-state index in [1.807, 2.05) is 29.3 Å². The van der Waals surface area contributed by atoms with Gasteiger partial charge in [-0.15, -0.1) is 0 Å². The number of piperidine rings is 1. The van der Waals surface area contributed by atoms with Crippen LogP contribution in [0.3, 0.4) is 0 Å². The van der Waals surface area contributed by atoms with Gasteiger partial charge in [-0.25, -0.2) is 19.4 Å². The number of alkyl halides is 9. The van der Waals surface area contributed by atoms with Gasteiger partial charge >= 0.3 is 36.4 Å². The van der Waals surface area contributed by atoms with Gasteiger partial charge in [-0.05, 0) is 37.1 Å². The summed E-state index contributed by atoms with van der Waals surface area (Å²) in [6.07, 6.45) is -8.06. The van der Waals surface area contributed by atoms with Gasteiger partial charge in [-0.3, -0.25) is 14.7 Å². The molecular weight excluding hydrogens is 713 g/mol. The van der Waals surface area contributed by atoms with E-state index in [1.165, 1.54) is 11.3 Å². The van der Waals surface area contributed by atoms with Crippen molar-refractivity contribution in [1.29, 1.82) is 0 Å². The van der Waals surface area contributed by atoms with Gasteiger partial charge in [0.25, 0.3) is 5.91 Å². The summed E-state index contributed by atoms with van der Waals surface area (Å²) in [7, 11) is 0. The van der Waals surface area contributed by atoms with Crippen LogP contribution in [0.2, 0.25) is 0 Å². The van der Waals surface area contributed by atoms with Crippen molar-refractivity contribution in [3.8, 4) is 11.3 Å². The lowest BCUT2D eigenvalue weighted by Crippen LogP contribution is -2.58. The van der Waals surface area contributed by atoms with E-state index >= 15 is 0 Å². The number of likely N-dealkylation sites (tertiary alicyclic amines) is 1. The topological polar surface area (TPSA) is 166 Å². The van der Waals surface area contributed by atoms with Crippen molar-refractivity contribution in [2.24, 2.45) is 0 Å². The molecule has 1 spiro atoms. The van der Waals surface area contributed by atoms with Gasteiger partial charge in [0, 0.05) is 38.6 Å².